The summed E-state index contributed by atoms with van der Waals surface area (Å²) in [5, 5.41) is 10.1. The summed E-state index contributed by atoms with van der Waals surface area (Å²) >= 11 is 0. The Morgan fingerprint density at radius 1 is 1.36 bits per heavy atom. The highest BCUT2D eigenvalue weighted by Crippen LogP contribution is 2.20. The second kappa shape index (κ2) is 7.06. The smallest absolute Gasteiger partial charge is 0.305 e. The van der Waals surface area contributed by atoms with Gasteiger partial charge in [0.15, 0.2) is 0 Å². The molecule has 0 bridgehead atoms. The van der Waals surface area contributed by atoms with Gasteiger partial charge in [-0.3, -0.25) is 9.59 Å². The number of hydrogen-bond donors (Lipinski definition) is 1. The second-order valence-corrected chi connectivity index (χ2v) is 5.00. The lowest BCUT2D eigenvalue weighted by molar-refractivity contribution is -0.136. The van der Waals surface area contributed by atoms with Crippen molar-refractivity contribution in [3.63, 3.8) is 0 Å². The molecule has 2 aromatic rings. The predicted molar refractivity (Wildman–Crippen MR) is 84.3 cm³/mol. The summed E-state index contributed by atoms with van der Waals surface area (Å²) in [5.41, 5.74) is 0.661. The molecule has 1 aromatic carbocycles. The number of anilines is 1. The molecule has 0 atom stereocenters. The molecule has 0 saturated carbocycles. The highest BCUT2D eigenvalue weighted by molar-refractivity contribution is 5.85. The Bertz CT molecular complexity index is 727. The van der Waals surface area contributed by atoms with Gasteiger partial charge in [0.05, 0.1) is 13.0 Å². The van der Waals surface area contributed by atoms with E-state index in [1.54, 1.807) is 24.4 Å². The Morgan fingerprint density at radius 2 is 2.14 bits per heavy atom. The van der Waals surface area contributed by atoms with Gasteiger partial charge in [-0.05, 0) is 36.6 Å². The quantitative estimate of drug-likeness (QED) is 0.852. The summed E-state index contributed by atoms with van der Waals surface area (Å²) < 4.78 is 13.8. The number of fused-ring (bicyclic) bond motifs is 1. The van der Waals surface area contributed by atoms with Gasteiger partial charge in [0.25, 0.3) is 5.56 Å². The van der Waals surface area contributed by atoms with E-state index in [1.807, 2.05) is 17.9 Å². The maximum atomic E-state index is 12.4. The van der Waals surface area contributed by atoms with Gasteiger partial charge in [-0.15, -0.1) is 0 Å². The molecule has 0 aliphatic carbocycles. The van der Waals surface area contributed by atoms with Gasteiger partial charge < -0.3 is 14.6 Å². The summed E-state index contributed by atoms with van der Waals surface area (Å²) in [5.74, 6) is -0.839. The van der Waals surface area contributed by atoms with Gasteiger partial charge in [-0.25, -0.2) is 4.39 Å². The van der Waals surface area contributed by atoms with Crippen LogP contribution in [0.5, 0.6) is 0 Å². The molecule has 6 heteroatoms. The first kappa shape index (κ1) is 16.0. The van der Waals surface area contributed by atoms with Gasteiger partial charge in [0, 0.05) is 30.4 Å². The topological polar surface area (TPSA) is 62.5 Å². The normalized spacial score (nSPS) is 10.8. The van der Waals surface area contributed by atoms with Gasteiger partial charge in [-0.1, -0.05) is 0 Å². The van der Waals surface area contributed by atoms with Crippen molar-refractivity contribution in [3.05, 3.63) is 40.8 Å². The number of carboxylic acid groups (broad SMARTS) is 1. The molecule has 5 nitrogen and oxygen atoms in total. The van der Waals surface area contributed by atoms with E-state index >= 15 is 0 Å². The van der Waals surface area contributed by atoms with Gasteiger partial charge in [0.1, 0.15) is 6.67 Å². The molecule has 0 aliphatic heterocycles. The van der Waals surface area contributed by atoms with Crippen molar-refractivity contribution in [2.75, 3.05) is 24.7 Å². The highest BCUT2D eigenvalue weighted by atomic mass is 19.1. The van der Waals surface area contributed by atoms with E-state index in [-0.39, 0.29) is 18.5 Å². The van der Waals surface area contributed by atoms with Crippen LogP contribution in [0.2, 0.25) is 0 Å². The standard InChI is InChI=1S/C16H19FN2O3/c1-2-18(9-6-15(20)21)13-3-4-14-12(11-13)5-8-19(10-7-17)16(14)22/h3-5,8,11H,2,6-7,9-10H2,1H3,(H,20,21). The minimum absolute atomic E-state index is 0.0518. The fourth-order valence-corrected chi connectivity index (χ4v) is 2.44. The average molecular weight is 306 g/mol. The van der Waals surface area contributed by atoms with Crippen LogP contribution in [0.15, 0.2) is 35.3 Å². The van der Waals surface area contributed by atoms with Crippen LogP contribution in [0.1, 0.15) is 13.3 Å². The molecule has 118 valence electrons. The molecule has 22 heavy (non-hydrogen) atoms. The number of aliphatic carboxylic acids is 1. The van der Waals surface area contributed by atoms with Crippen molar-refractivity contribution < 1.29 is 14.3 Å². The molecule has 0 fully saturated rings. The van der Waals surface area contributed by atoms with Crippen LogP contribution in [0.3, 0.4) is 0 Å². The molecular weight excluding hydrogens is 287 g/mol. The number of hydrogen-bond acceptors (Lipinski definition) is 3. The zero-order valence-electron chi connectivity index (χ0n) is 12.5. The number of pyridine rings is 1. The van der Waals surface area contributed by atoms with Crippen molar-refractivity contribution in [2.45, 2.75) is 19.9 Å². The average Bonchev–Trinajstić information content (AvgIpc) is 2.50. The van der Waals surface area contributed by atoms with Crippen molar-refractivity contribution in [2.24, 2.45) is 0 Å². The van der Waals surface area contributed by atoms with Crippen LogP contribution in [0, 0.1) is 0 Å². The van der Waals surface area contributed by atoms with Crippen molar-refractivity contribution in [1.82, 2.24) is 4.57 Å². The van der Waals surface area contributed by atoms with Crippen LogP contribution in [-0.4, -0.2) is 35.4 Å². The minimum atomic E-state index is -0.839. The number of benzene rings is 1. The summed E-state index contributed by atoms with van der Waals surface area (Å²) in [4.78, 5) is 24.8. The molecule has 1 aromatic heterocycles. The molecular formula is C16H19FN2O3. The Kier molecular flexibility index (Phi) is 5.14. The minimum Gasteiger partial charge on any atom is -0.481 e. The van der Waals surface area contributed by atoms with E-state index in [1.165, 1.54) is 4.57 Å². The SMILES string of the molecule is CCN(CCC(=O)O)c1ccc2c(=O)n(CCF)ccc2c1. The zero-order chi connectivity index (χ0) is 16.1. The van der Waals surface area contributed by atoms with Crippen molar-refractivity contribution in [3.8, 4) is 0 Å². The van der Waals surface area contributed by atoms with Crippen LogP contribution < -0.4 is 10.5 Å². The number of nitrogens with zero attached hydrogens (tertiary/aromatic N) is 2. The van der Waals surface area contributed by atoms with Crippen LogP contribution in [-0.2, 0) is 11.3 Å². The number of rotatable bonds is 7. The number of alkyl halides is 1. The van der Waals surface area contributed by atoms with E-state index in [9.17, 15) is 14.0 Å². The van der Waals surface area contributed by atoms with E-state index in [0.29, 0.717) is 18.5 Å². The van der Waals surface area contributed by atoms with E-state index < -0.39 is 12.6 Å². The fourth-order valence-electron chi connectivity index (χ4n) is 2.44. The number of carbonyl (C=O) groups is 1. The Balaban J connectivity index is 2.36. The third-order valence-electron chi connectivity index (χ3n) is 3.63. The highest BCUT2D eigenvalue weighted by Gasteiger charge is 2.09. The number of aromatic nitrogens is 1. The van der Waals surface area contributed by atoms with E-state index in [0.717, 1.165) is 11.1 Å². The summed E-state index contributed by atoms with van der Waals surface area (Å²) in [7, 11) is 0. The number of carboxylic acids is 1. The van der Waals surface area contributed by atoms with Crippen molar-refractivity contribution >= 4 is 22.4 Å². The zero-order valence-corrected chi connectivity index (χ0v) is 12.5. The van der Waals surface area contributed by atoms with Gasteiger partial charge >= 0.3 is 5.97 Å². The summed E-state index contributed by atoms with van der Waals surface area (Å²) in [6.07, 6.45) is 1.64. The predicted octanol–water partition coefficient (Wildman–Crippen LogP) is 2.27. The Hall–Kier alpha value is -2.37. The van der Waals surface area contributed by atoms with Crippen LogP contribution in [0.25, 0.3) is 10.8 Å². The van der Waals surface area contributed by atoms with Gasteiger partial charge in [-0.2, -0.15) is 0 Å². The molecule has 0 radical (unpaired) electrons. The maximum Gasteiger partial charge on any atom is 0.305 e. The van der Waals surface area contributed by atoms with Gasteiger partial charge in [0.2, 0.25) is 0 Å². The maximum absolute atomic E-state index is 12.4. The monoisotopic (exact) mass is 306 g/mol. The molecule has 0 spiro atoms. The summed E-state index contributed by atoms with van der Waals surface area (Å²) in [6, 6.07) is 7.16. The first-order valence-electron chi connectivity index (χ1n) is 7.22. The third kappa shape index (κ3) is 3.44. The second-order valence-electron chi connectivity index (χ2n) is 5.00. The number of halogens is 1. The Morgan fingerprint density at radius 3 is 2.77 bits per heavy atom. The van der Waals surface area contributed by atoms with E-state index in [2.05, 4.69) is 0 Å². The third-order valence-corrected chi connectivity index (χ3v) is 3.63. The largest absolute Gasteiger partial charge is 0.481 e. The molecule has 2 rings (SSSR count). The lowest BCUT2D eigenvalue weighted by atomic mass is 10.1. The van der Waals surface area contributed by atoms with Crippen LogP contribution >= 0.6 is 0 Å². The lowest BCUT2D eigenvalue weighted by Gasteiger charge is -2.22. The lowest BCUT2D eigenvalue weighted by Crippen LogP contribution is -2.26. The first-order chi connectivity index (χ1) is 10.6. The first-order valence-corrected chi connectivity index (χ1v) is 7.22. The molecule has 1 N–H and O–H groups in total. The van der Waals surface area contributed by atoms with E-state index in [4.69, 9.17) is 5.11 Å². The molecule has 0 amide bonds. The fraction of sp³-hybridized carbons (Fsp3) is 0.375. The molecule has 0 aliphatic rings. The number of aryl methyl sites for hydroxylation is 1. The Labute approximate surface area is 127 Å². The summed E-state index contributed by atoms with van der Waals surface area (Å²) in [6.45, 7) is 2.51. The van der Waals surface area contributed by atoms with Crippen molar-refractivity contribution in [1.29, 1.82) is 0 Å². The molecule has 0 saturated heterocycles. The van der Waals surface area contributed by atoms with Crippen LogP contribution in [0.4, 0.5) is 10.1 Å². The molecule has 1 heterocycles. The molecule has 0 unspecified atom stereocenters.